The van der Waals surface area contributed by atoms with Gasteiger partial charge in [-0.15, -0.1) is 5.10 Å². The van der Waals surface area contributed by atoms with Crippen LogP contribution in [-0.2, 0) is 6.42 Å². The number of aromatic nitrogens is 4. The predicted molar refractivity (Wildman–Crippen MR) is 143 cm³/mol. The standard InChI is InChI=1S/C27H24ClN7O4/c1-34-12-11-18-13-21-24(39-15-38-21)25(37-2)22(18)23(34)26-30-32-33-35(26)20-9-5-17(6-10-20)27(36)31-29-14-16-3-7-19(28)8-4-16/h3-10,13-14,23H,11-12,15H2,1-2H3,(H,31,36)/b29-14-/t23-/m0/s1. The van der Waals surface area contributed by atoms with E-state index in [9.17, 15) is 4.79 Å². The van der Waals surface area contributed by atoms with Crippen molar-refractivity contribution >= 4 is 23.7 Å². The van der Waals surface area contributed by atoms with Gasteiger partial charge in [0.15, 0.2) is 17.3 Å². The number of amides is 1. The molecule has 0 saturated heterocycles. The van der Waals surface area contributed by atoms with Crippen molar-refractivity contribution < 1.29 is 19.0 Å². The van der Waals surface area contributed by atoms with Crippen molar-refractivity contribution in [3.8, 4) is 22.9 Å². The van der Waals surface area contributed by atoms with Gasteiger partial charge in [0.25, 0.3) is 5.91 Å². The molecule has 4 aromatic rings. The second-order valence-corrected chi connectivity index (χ2v) is 9.53. The fourth-order valence-corrected chi connectivity index (χ4v) is 4.97. The van der Waals surface area contributed by atoms with Gasteiger partial charge in [-0.1, -0.05) is 23.7 Å². The van der Waals surface area contributed by atoms with Gasteiger partial charge in [0.05, 0.1) is 19.0 Å². The Balaban J connectivity index is 1.26. The summed E-state index contributed by atoms with van der Waals surface area (Å²) < 4.78 is 18.8. The van der Waals surface area contributed by atoms with Crippen LogP contribution in [0.15, 0.2) is 59.7 Å². The molecule has 6 rings (SSSR count). The number of benzene rings is 3. The van der Waals surface area contributed by atoms with E-state index in [1.807, 2.05) is 25.2 Å². The molecule has 3 aromatic carbocycles. The Morgan fingerprint density at radius 2 is 1.97 bits per heavy atom. The van der Waals surface area contributed by atoms with Gasteiger partial charge < -0.3 is 14.2 Å². The van der Waals surface area contributed by atoms with Gasteiger partial charge in [0, 0.05) is 22.7 Å². The third kappa shape index (κ3) is 4.66. The number of hydrazone groups is 1. The zero-order valence-corrected chi connectivity index (χ0v) is 21.9. The van der Waals surface area contributed by atoms with E-state index in [2.05, 4.69) is 31.0 Å². The zero-order valence-electron chi connectivity index (χ0n) is 21.2. The number of fused-ring (bicyclic) bond motifs is 2. The number of tetrazole rings is 1. The number of rotatable bonds is 6. The van der Waals surface area contributed by atoms with Crippen LogP contribution >= 0.6 is 11.6 Å². The van der Waals surface area contributed by atoms with Crippen molar-refractivity contribution in [2.45, 2.75) is 12.5 Å². The van der Waals surface area contributed by atoms with Gasteiger partial charge >= 0.3 is 0 Å². The summed E-state index contributed by atoms with van der Waals surface area (Å²) in [6.45, 7) is 0.947. The van der Waals surface area contributed by atoms with Crippen LogP contribution in [0.2, 0.25) is 5.02 Å². The second-order valence-electron chi connectivity index (χ2n) is 9.10. The van der Waals surface area contributed by atoms with E-state index < -0.39 is 0 Å². The topological polar surface area (TPSA) is 116 Å². The van der Waals surface area contributed by atoms with Gasteiger partial charge in [-0.2, -0.15) is 9.78 Å². The second kappa shape index (κ2) is 10.4. The predicted octanol–water partition coefficient (Wildman–Crippen LogP) is 3.39. The highest BCUT2D eigenvalue weighted by molar-refractivity contribution is 6.30. The number of nitrogens with zero attached hydrogens (tertiary/aromatic N) is 6. The molecule has 12 heteroatoms. The summed E-state index contributed by atoms with van der Waals surface area (Å²) in [7, 11) is 3.64. The van der Waals surface area contributed by atoms with Crippen molar-refractivity contribution in [3.05, 3.63) is 87.7 Å². The van der Waals surface area contributed by atoms with Gasteiger partial charge in [-0.25, -0.2) is 5.43 Å². The molecule has 11 nitrogen and oxygen atoms in total. The smallest absolute Gasteiger partial charge is 0.271 e. The number of hydrogen-bond acceptors (Lipinski definition) is 9. The Labute approximate surface area is 228 Å². The number of carbonyl (C=O) groups excluding carboxylic acids is 1. The summed E-state index contributed by atoms with van der Waals surface area (Å²) in [6, 6.07) is 15.8. The van der Waals surface area contributed by atoms with Crippen LogP contribution in [0.3, 0.4) is 0 Å². The van der Waals surface area contributed by atoms with Crippen molar-refractivity contribution in [1.29, 1.82) is 0 Å². The van der Waals surface area contributed by atoms with Crippen LogP contribution in [-0.4, -0.2) is 64.7 Å². The fraction of sp³-hybridized carbons (Fsp3) is 0.222. The Morgan fingerprint density at radius 3 is 2.74 bits per heavy atom. The third-order valence-electron chi connectivity index (χ3n) is 6.76. The minimum absolute atomic E-state index is 0.152. The quantitative estimate of drug-likeness (QED) is 0.289. The molecule has 39 heavy (non-hydrogen) atoms. The molecule has 0 aliphatic carbocycles. The molecular weight excluding hydrogens is 522 g/mol. The highest BCUT2D eigenvalue weighted by Crippen LogP contribution is 2.50. The first-order valence-corrected chi connectivity index (χ1v) is 12.6. The van der Waals surface area contributed by atoms with Crippen molar-refractivity contribution in [1.82, 2.24) is 30.5 Å². The van der Waals surface area contributed by atoms with E-state index in [-0.39, 0.29) is 18.7 Å². The molecule has 0 fully saturated rings. The summed E-state index contributed by atoms with van der Waals surface area (Å²) in [4.78, 5) is 14.8. The maximum absolute atomic E-state index is 12.6. The molecule has 3 heterocycles. The average molecular weight is 546 g/mol. The fourth-order valence-electron chi connectivity index (χ4n) is 4.84. The number of likely N-dealkylation sites (N-methyl/N-ethyl adjacent to an activating group) is 1. The molecule has 0 radical (unpaired) electrons. The number of halogens is 1. The number of ether oxygens (including phenoxy) is 3. The first-order chi connectivity index (χ1) is 19.0. The largest absolute Gasteiger partial charge is 0.492 e. The maximum atomic E-state index is 12.6. The van der Waals surface area contributed by atoms with Crippen LogP contribution in [0.4, 0.5) is 0 Å². The first kappa shape index (κ1) is 24.8. The Morgan fingerprint density at radius 1 is 1.18 bits per heavy atom. The van der Waals surface area contributed by atoms with E-state index >= 15 is 0 Å². The molecule has 2 aliphatic rings. The maximum Gasteiger partial charge on any atom is 0.271 e. The van der Waals surface area contributed by atoms with Gasteiger partial charge in [0.1, 0.15) is 6.04 Å². The molecule has 0 unspecified atom stereocenters. The minimum atomic E-state index is -0.342. The van der Waals surface area contributed by atoms with E-state index in [1.165, 1.54) is 0 Å². The lowest BCUT2D eigenvalue weighted by atomic mass is 9.90. The van der Waals surface area contributed by atoms with Crippen molar-refractivity contribution in [2.75, 3.05) is 27.5 Å². The molecule has 1 atom stereocenters. The zero-order chi connectivity index (χ0) is 26.9. The third-order valence-corrected chi connectivity index (χ3v) is 7.01. The van der Waals surface area contributed by atoms with E-state index in [0.29, 0.717) is 39.3 Å². The Hall–Kier alpha value is -4.48. The number of methoxy groups -OCH3 is 1. The summed E-state index contributed by atoms with van der Waals surface area (Å²) >= 11 is 5.90. The summed E-state index contributed by atoms with van der Waals surface area (Å²) in [5, 5.41) is 17.3. The molecule has 0 spiro atoms. The molecule has 1 amide bonds. The summed E-state index contributed by atoms with van der Waals surface area (Å²) in [6.07, 6.45) is 2.37. The molecule has 0 saturated carbocycles. The molecule has 198 valence electrons. The lowest BCUT2D eigenvalue weighted by Gasteiger charge is -2.34. The van der Waals surface area contributed by atoms with Crippen LogP contribution < -0.4 is 19.6 Å². The van der Waals surface area contributed by atoms with E-state index in [0.717, 1.165) is 29.7 Å². The van der Waals surface area contributed by atoms with Crippen LogP contribution in [0.1, 0.15) is 38.9 Å². The summed E-state index contributed by atoms with van der Waals surface area (Å²) in [5.74, 6) is 2.16. The molecular formula is C27H24ClN7O4. The lowest BCUT2D eigenvalue weighted by Crippen LogP contribution is -2.35. The lowest BCUT2D eigenvalue weighted by molar-refractivity contribution is 0.0955. The van der Waals surface area contributed by atoms with Crippen molar-refractivity contribution in [2.24, 2.45) is 5.10 Å². The Kier molecular flexibility index (Phi) is 6.59. The SMILES string of the molecule is COc1c2c(cc3c1[C@@H](c1nnnn1-c1ccc(C(=O)N/N=C\c4ccc(Cl)cc4)cc1)N(C)CC3)OCO2. The van der Waals surface area contributed by atoms with E-state index in [4.69, 9.17) is 25.8 Å². The molecule has 0 bridgehead atoms. The normalized spacial score (nSPS) is 16.3. The average Bonchev–Trinajstić information content (AvgIpc) is 3.63. The van der Waals surface area contributed by atoms with Crippen molar-refractivity contribution in [3.63, 3.8) is 0 Å². The van der Waals surface area contributed by atoms with E-state index in [1.54, 1.807) is 54.4 Å². The van der Waals surface area contributed by atoms with Crippen LogP contribution in [0.5, 0.6) is 17.2 Å². The summed E-state index contributed by atoms with van der Waals surface area (Å²) in [5.41, 5.74) is 6.54. The van der Waals surface area contributed by atoms with Gasteiger partial charge in [0.2, 0.25) is 12.5 Å². The molecule has 1 aromatic heterocycles. The minimum Gasteiger partial charge on any atom is -0.492 e. The number of hydrogen-bond donors (Lipinski definition) is 1. The number of nitrogens with one attached hydrogen (secondary N) is 1. The van der Waals surface area contributed by atoms with Crippen LogP contribution in [0.25, 0.3) is 5.69 Å². The van der Waals surface area contributed by atoms with Gasteiger partial charge in [-0.05, 0) is 77.5 Å². The molecule has 1 N–H and O–H groups in total. The first-order valence-electron chi connectivity index (χ1n) is 12.2. The molecule has 2 aliphatic heterocycles. The number of carbonyl (C=O) groups is 1. The highest BCUT2D eigenvalue weighted by atomic mass is 35.5. The highest BCUT2D eigenvalue weighted by Gasteiger charge is 2.37. The van der Waals surface area contributed by atoms with Crippen LogP contribution in [0, 0.1) is 0 Å². The Bertz CT molecular complexity index is 1550. The van der Waals surface area contributed by atoms with Gasteiger partial charge in [-0.3, -0.25) is 9.69 Å². The monoisotopic (exact) mass is 545 g/mol.